The van der Waals surface area contributed by atoms with Crippen LogP contribution in [0.1, 0.15) is 239 Å². The summed E-state index contributed by atoms with van der Waals surface area (Å²) in [6, 6.07) is -0.868. The van der Waals surface area contributed by atoms with Crippen molar-refractivity contribution in [1.82, 2.24) is 5.32 Å². The summed E-state index contributed by atoms with van der Waals surface area (Å²) >= 11 is 0. The monoisotopic (exact) mass is 960 g/mol. The number of phosphoric ester groups is 1. The topological polar surface area (TPSA) is 105 Å². The van der Waals surface area contributed by atoms with Crippen molar-refractivity contribution in [2.45, 2.75) is 251 Å². The number of phosphoric acid groups is 1. The molecule has 390 valence electrons. The van der Waals surface area contributed by atoms with Crippen LogP contribution in [0, 0.1) is 0 Å². The lowest BCUT2D eigenvalue weighted by molar-refractivity contribution is -0.870. The van der Waals surface area contributed by atoms with Gasteiger partial charge in [-0.2, -0.15) is 0 Å². The molecule has 0 aliphatic rings. The molecule has 0 aromatic heterocycles. The fourth-order valence-corrected chi connectivity index (χ4v) is 8.55. The van der Waals surface area contributed by atoms with Gasteiger partial charge in [-0.25, -0.2) is 4.57 Å². The molecule has 0 saturated heterocycles. The maximum Gasteiger partial charge on any atom is 0.472 e. The van der Waals surface area contributed by atoms with E-state index in [4.69, 9.17) is 9.05 Å². The van der Waals surface area contributed by atoms with Crippen molar-refractivity contribution in [3.63, 3.8) is 0 Å². The molecule has 8 nitrogen and oxygen atoms in total. The first-order valence-electron chi connectivity index (χ1n) is 27.8. The van der Waals surface area contributed by atoms with Crippen molar-refractivity contribution in [1.29, 1.82) is 0 Å². The van der Waals surface area contributed by atoms with Crippen molar-refractivity contribution in [2.75, 3.05) is 40.9 Å². The van der Waals surface area contributed by atoms with Crippen LogP contribution in [-0.2, 0) is 18.4 Å². The summed E-state index contributed by atoms with van der Waals surface area (Å²) in [5.41, 5.74) is 0. The minimum atomic E-state index is -4.36. The van der Waals surface area contributed by atoms with Crippen LogP contribution in [0.25, 0.3) is 0 Å². The average Bonchev–Trinajstić information content (AvgIpc) is 3.29. The largest absolute Gasteiger partial charge is 0.472 e. The van der Waals surface area contributed by atoms with Crippen molar-refractivity contribution in [2.24, 2.45) is 0 Å². The molecule has 0 aromatic rings. The van der Waals surface area contributed by atoms with Gasteiger partial charge in [0.2, 0.25) is 5.91 Å². The molecule has 0 fully saturated rings. The number of hydrogen-bond acceptors (Lipinski definition) is 5. The number of allylic oxidation sites excluding steroid dienone is 11. The van der Waals surface area contributed by atoms with E-state index >= 15 is 0 Å². The molecule has 0 rings (SSSR count). The van der Waals surface area contributed by atoms with Crippen LogP contribution in [0.15, 0.2) is 72.9 Å². The molecule has 0 saturated carbocycles. The van der Waals surface area contributed by atoms with E-state index < -0.39 is 20.0 Å². The zero-order valence-corrected chi connectivity index (χ0v) is 45.3. The van der Waals surface area contributed by atoms with Gasteiger partial charge in [0.05, 0.1) is 39.9 Å². The molecule has 0 heterocycles. The number of unbranched alkanes of at least 4 members (excludes halogenated alkanes) is 27. The van der Waals surface area contributed by atoms with Gasteiger partial charge in [-0.05, 0) is 70.6 Å². The van der Waals surface area contributed by atoms with Crippen LogP contribution in [0.3, 0.4) is 0 Å². The Balaban J connectivity index is 4.28. The third kappa shape index (κ3) is 51.6. The summed E-state index contributed by atoms with van der Waals surface area (Å²) in [7, 11) is 1.55. The van der Waals surface area contributed by atoms with Gasteiger partial charge in [-0.15, -0.1) is 0 Å². The number of nitrogens with one attached hydrogen (secondary N) is 1. The van der Waals surface area contributed by atoms with Gasteiger partial charge in [0, 0.05) is 6.42 Å². The van der Waals surface area contributed by atoms with E-state index in [9.17, 15) is 19.4 Å². The first-order valence-corrected chi connectivity index (χ1v) is 29.3. The Morgan fingerprint density at radius 2 is 0.910 bits per heavy atom. The van der Waals surface area contributed by atoms with Gasteiger partial charge in [-0.1, -0.05) is 234 Å². The van der Waals surface area contributed by atoms with E-state index in [0.29, 0.717) is 17.4 Å². The minimum Gasteiger partial charge on any atom is -0.387 e. The highest BCUT2D eigenvalue weighted by Crippen LogP contribution is 2.43. The summed E-state index contributed by atoms with van der Waals surface area (Å²) in [6.07, 6.45) is 67.1. The van der Waals surface area contributed by atoms with Crippen molar-refractivity contribution < 1.29 is 32.9 Å². The first kappa shape index (κ1) is 64.9. The van der Waals surface area contributed by atoms with E-state index in [2.05, 4.69) is 79.9 Å². The molecule has 0 aliphatic heterocycles. The summed E-state index contributed by atoms with van der Waals surface area (Å²) in [5.74, 6) is -0.190. The predicted octanol–water partition coefficient (Wildman–Crippen LogP) is 16.7. The molecule has 3 N–H and O–H groups in total. The number of quaternary nitrogens is 1. The number of aliphatic hydroxyl groups is 1. The van der Waals surface area contributed by atoms with Crippen molar-refractivity contribution >= 4 is 13.7 Å². The highest BCUT2D eigenvalue weighted by molar-refractivity contribution is 7.47. The Bertz CT molecular complexity index is 1320. The fraction of sp³-hybridized carbons (Fsp3) is 0.776. The van der Waals surface area contributed by atoms with E-state index in [-0.39, 0.29) is 19.1 Å². The first-order chi connectivity index (χ1) is 32.5. The number of amides is 1. The van der Waals surface area contributed by atoms with Gasteiger partial charge in [0.25, 0.3) is 0 Å². The second-order valence-corrected chi connectivity index (χ2v) is 21.4. The number of aliphatic hydroxyl groups excluding tert-OH is 1. The van der Waals surface area contributed by atoms with Crippen LogP contribution < -0.4 is 5.32 Å². The van der Waals surface area contributed by atoms with Crippen LogP contribution >= 0.6 is 7.82 Å². The molecular formula is C58H108N2O6P+. The van der Waals surface area contributed by atoms with Crippen LogP contribution in [0.2, 0.25) is 0 Å². The molecule has 67 heavy (non-hydrogen) atoms. The van der Waals surface area contributed by atoms with Crippen LogP contribution in [0.5, 0.6) is 0 Å². The van der Waals surface area contributed by atoms with E-state index in [1.165, 1.54) is 154 Å². The number of hydrogen-bond donors (Lipinski definition) is 3. The third-order valence-electron chi connectivity index (χ3n) is 12.2. The van der Waals surface area contributed by atoms with Crippen LogP contribution in [0.4, 0.5) is 0 Å². The summed E-state index contributed by atoms with van der Waals surface area (Å²) in [4.78, 5) is 23.3. The lowest BCUT2D eigenvalue weighted by Crippen LogP contribution is -2.45. The highest BCUT2D eigenvalue weighted by atomic mass is 31.2. The van der Waals surface area contributed by atoms with E-state index in [0.717, 1.165) is 64.2 Å². The summed E-state index contributed by atoms with van der Waals surface area (Å²) in [6.45, 7) is 4.69. The van der Waals surface area contributed by atoms with Gasteiger partial charge in [-0.3, -0.25) is 13.8 Å². The summed E-state index contributed by atoms with van der Waals surface area (Å²) < 4.78 is 23.7. The van der Waals surface area contributed by atoms with Crippen molar-refractivity contribution in [3.8, 4) is 0 Å². The number of carbonyl (C=O) groups is 1. The van der Waals surface area contributed by atoms with Gasteiger partial charge in [0.1, 0.15) is 13.2 Å². The zero-order chi connectivity index (χ0) is 49.2. The molecule has 0 aliphatic carbocycles. The summed E-state index contributed by atoms with van der Waals surface area (Å²) in [5, 5.41) is 13.9. The molecule has 0 radical (unpaired) electrons. The molecule has 1 amide bonds. The van der Waals surface area contributed by atoms with Gasteiger partial charge >= 0.3 is 7.82 Å². The minimum absolute atomic E-state index is 0.0535. The van der Waals surface area contributed by atoms with E-state index in [1.807, 2.05) is 27.2 Å². The van der Waals surface area contributed by atoms with E-state index in [1.54, 1.807) is 6.08 Å². The lowest BCUT2D eigenvalue weighted by atomic mass is 10.0. The molecule has 0 spiro atoms. The predicted molar refractivity (Wildman–Crippen MR) is 290 cm³/mol. The second-order valence-electron chi connectivity index (χ2n) is 19.9. The highest BCUT2D eigenvalue weighted by Gasteiger charge is 2.27. The number of likely N-dealkylation sites (N-methyl/N-ethyl adjacent to an activating group) is 1. The average molecular weight is 960 g/mol. The number of carbonyl (C=O) groups excluding carboxylic acids is 1. The molecule has 3 unspecified atom stereocenters. The van der Waals surface area contributed by atoms with Crippen molar-refractivity contribution in [3.05, 3.63) is 72.9 Å². The number of nitrogens with zero attached hydrogens (tertiary/aromatic N) is 1. The lowest BCUT2D eigenvalue weighted by Gasteiger charge is -2.25. The van der Waals surface area contributed by atoms with Crippen LogP contribution in [-0.4, -0.2) is 73.4 Å². The Kier molecular flexibility index (Phi) is 47.4. The maximum absolute atomic E-state index is 13.0. The second kappa shape index (κ2) is 48.9. The molecular weight excluding hydrogens is 852 g/mol. The molecule has 3 atom stereocenters. The Morgan fingerprint density at radius 1 is 0.522 bits per heavy atom. The van der Waals surface area contributed by atoms with Gasteiger partial charge in [0.15, 0.2) is 0 Å². The normalized spacial score (nSPS) is 14.6. The molecule has 9 heteroatoms. The Morgan fingerprint density at radius 3 is 1.37 bits per heavy atom. The maximum atomic E-state index is 13.0. The quantitative estimate of drug-likeness (QED) is 0.0243. The third-order valence-corrected chi connectivity index (χ3v) is 13.1. The standard InChI is InChI=1S/C58H107N2O6P/c1-6-8-10-12-14-16-18-20-22-24-26-28-29-30-31-32-34-36-38-40-42-44-46-48-50-52-58(62)59-56(55-66-67(63,64)65-54-53-60(3,4)5)57(61)51-49-47-45-43-41-39-37-35-33-27-25-23-21-19-17-15-13-11-9-7-2/h8,10,14,16,20,22,26,28,41,43,49,51,56-57,61H,6-7,9,11-13,15,17-19,21,23-25,27,29-40,42,44-48,50,52-55H2,1-5H3,(H-,59,62,63,64)/p+1/b10-8-,16-14-,22-20-,28-26-,43-41+,51-49+. The van der Waals surface area contributed by atoms with Gasteiger partial charge < -0.3 is 19.8 Å². The Labute approximate surface area is 414 Å². The SMILES string of the molecule is CC/C=C\C/C=C\C/C=C\C/C=C\CCCCCCCCCCCCCCC(=O)NC(COP(=O)(O)OCC[N+](C)(C)C)C(O)/C=C/CC/C=C/CCCCCCCCCCCCCCCC. The molecule has 0 bridgehead atoms. The fourth-order valence-electron chi connectivity index (χ4n) is 7.81. The smallest absolute Gasteiger partial charge is 0.387 e. The molecule has 0 aromatic carbocycles. The Hall–Kier alpha value is -2.06. The number of rotatable bonds is 50. The zero-order valence-electron chi connectivity index (χ0n) is 44.4.